The second-order valence-corrected chi connectivity index (χ2v) is 10.6. The highest BCUT2D eigenvalue weighted by Gasteiger charge is 2.61. The smallest absolute Gasteiger partial charge is 0.173 e. The van der Waals surface area contributed by atoms with Crippen LogP contribution in [0, 0.1) is 16.7 Å². The van der Waals surface area contributed by atoms with E-state index in [0.717, 1.165) is 29.9 Å². The van der Waals surface area contributed by atoms with Gasteiger partial charge in [-0.25, -0.2) is 0 Å². The number of para-hydroxylation sites is 1. The summed E-state index contributed by atoms with van der Waals surface area (Å²) in [6, 6.07) is 10.9. The molecule has 0 aromatic heterocycles. The minimum atomic E-state index is 0.329. The molecular formula is C25H38N2OS. The summed E-state index contributed by atoms with van der Waals surface area (Å²) in [4.78, 5) is 2.42. The lowest BCUT2D eigenvalue weighted by molar-refractivity contribution is -0.0505. The molecule has 1 N–H and O–H groups in total. The van der Waals surface area contributed by atoms with Crippen LogP contribution >= 0.6 is 12.2 Å². The fraction of sp³-hybridized carbons (Fsp3) is 0.720. The summed E-state index contributed by atoms with van der Waals surface area (Å²) >= 11 is 5.86. The van der Waals surface area contributed by atoms with E-state index in [4.69, 9.17) is 17.0 Å². The van der Waals surface area contributed by atoms with Crippen molar-refractivity contribution in [3.8, 4) is 0 Å². The maximum absolute atomic E-state index is 6.57. The van der Waals surface area contributed by atoms with Gasteiger partial charge in [0.25, 0.3) is 0 Å². The molecule has 29 heavy (non-hydrogen) atoms. The Labute approximate surface area is 182 Å². The van der Waals surface area contributed by atoms with Crippen LogP contribution in [0.4, 0.5) is 5.69 Å². The molecule has 4 rings (SSSR count). The van der Waals surface area contributed by atoms with Crippen molar-refractivity contribution in [1.82, 2.24) is 4.90 Å². The summed E-state index contributed by atoms with van der Waals surface area (Å²) in [6.45, 7) is 9.05. The van der Waals surface area contributed by atoms with Gasteiger partial charge in [-0.3, -0.25) is 0 Å². The number of anilines is 1. The molecule has 0 heterocycles. The molecule has 2 bridgehead atoms. The molecular weight excluding hydrogens is 376 g/mol. The Morgan fingerprint density at radius 3 is 2.45 bits per heavy atom. The summed E-state index contributed by atoms with van der Waals surface area (Å²) in [7, 11) is 0. The zero-order chi connectivity index (χ0) is 20.5. The lowest BCUT2D eigenvalue weighted by Gasteiger charge is -2.40. The minimum Gasteiger partial charge on any atom is -0.376 e. The Hall–Kier alpha value is -1.13. The summed E-state index contributed by atoms with van der Waals surface area (Å²) in [6.07, 6.45) is 10.8. The highest BCUT2D eigenvalue weighted by Crippen LogP contribution is 2.66. The van der Waals surface area contributed by atoms with E-state index >= 15 is 0 Å². The Bertz CT molecular complexity index is 700. The summed E-state index contributed by atoms with van der Waals surface area (Å²) in [5, 5.41) is 4.32. The normalized spacial score (nSPS) is 31.0. The van der Waals surface area contributed by atoms with Crippen molar-refractivity contribution in [2.75, 3.05) is 18.5 Å². The van der Waals surface area contributed by atoms with Crippen LogP contribution in [0.3, 0.4) is 0 Å². The van der Waals surface area contributed by atoms with Crippen LogP contribution in [0.5, 0.6) is 0 Å². The first kappa shape index (κ1) is 21.1. The molecule has 0 spiro atoms. The number of nitrogens with zero attached hydrogens (tertiary/aromatic N) is 1. The van der Waals surface area contributed by atoms with Gasteiger partial charge < -0.3 is 15.0 Å². The monoisotopic (exact) mass is 414 g/mol. The molecule has 3 fully saturated rings. The van der Waals surface area contributed by atoms with Gasteiger partial charge >= 0.3 is 0 Å². The Kier molecular flexibility index (Phi) is 6.22. The Balaban J connectivity index is 1.37. The first-order valence-corrected chi connectivity index (χ1v) is 12.1. The second-order valence-electron chi connectivity index (χ2n) is 10.3. The van der Waals surface area contributed by atoms with Crippen molar-refractivity contribution in [2.45, 2.75) is 84.3 Å². The number of ether oxygens (including phenoxy) is 1. The van der Waals surface area contributed by atoms with Gasteiger partial charge in [0.15, 0.2) is 5.11 Å². The van der Waals surface area contributed by atoms with Crippen molar-refractivity contribution in [3.63, 3.8) is 0 Å². The quantitative estimate of drug-likeness (QED) is 0.556. The zero-order valence-electron chi connectivity index (χ0n) is 18.5. The molecule has 0 radical (unpaired) electrons. The molecule has 3 nitrogen and oxygen atoms in total. The molecule has 0 unspecified atom stereocenters. The third-order valence-corrected chi connectivity index (χ3v) is 9.00. The molecule has 3 atom stereocenters. The molecule has 1 aromatic carbocycles. The third-order valence-electron chi connectivity index (χ3n) is 8.67. The molecule has 1 aromatic rings. The van der Waals surface area contributed by atoms with E-state index in [-0.39, 0.29) is 0 Å². The average Bonchev–Trinajstić information content (AvgIpc) is 3.06. The minimum absolute atomic E-state index is 0.329. The van der Waals surface area contributed by atoms with E-state index in [1.165, 1.54) is 51.4 Å². The SMILES string of the molecule is CC1(C)[C@H]2CC[C@]1(C)[C@@H](OCCN(C(=S)Nc1ccccc1)C1CCCCC1)C2. The topological polar surface area (TPSA) is 24.5 Å². The molecule has 160 valence electrons. The van der Waals surface area contributed by atoms with Crippen LogP contribution < -0.4 is 5.32 Å². The van der Waals surface area contributed by atoms with Crippen molar-refractivity contribution in [2.24, 2.45) is 16.7 Å². The average molecular weight is 415 g/mol. The molecule has 3 saturated carbocycles. The Morgan fingerprint density at radius 2 is 1.83 bits per heavy atom. The maximum Gasteiger partial charge on any atom is 0.173 e. The first-order valence-electron chi connectivity index (χ1n) is 11.7. The van der Waals surface area contributed by atoms with Crippen molar-refractivity contribution >= 4 is 23.0 Å². The number of hydrogen-bond acceptors (Lipinski definition) is 2. The van der Waals surface area contributed by atoms with Crippen molar-refractivity contribution in [3.05, 3.63) is 30.3 Å². The van der Waals surface area contributed by atoms with Crippen LogP contribution in [0.1, 0.15) is 72.1 Å². The van der Waals surface area contributed by atoms with Gasteiger partial charge in [0.1, 0.15) is 0 Å². The van der Waals surface area contributed by atoms with E-state index < -0.39 is 0 Å². The Morgan fingerprint density at radius 1 is 1.10 bits per heavy atom. The number of rotatable bonds is 6. The predicted molar refractivity (Wildman–Crippen MR) is 125 cm³/mol. The van der Waals surface area contributed by atoms with Gasteiger partial charge in [0, 0.05) is 18.3 Å². The molecule has 0 aliphatic heterocycles. The molecule has 0 saturated heterocycles. The van der Waals surface area contributed by atoms with Crippen molar-refractivity contribution < 1.29 is 4.74 Å². The van der Waals surface area contributed by atoms with E-state index in [2.05, 4.69) is 55.3 Å². The van der Waals surface area contributed by atoms with Crippen LogP contribution in [0.25, 0.3) is 0 Å². The fourth-order valence-corrected chi connectivity index (χ4v) is 6.59. The fourth-order valence-electron chi connectivity index (χ4n) is 6.24. The van der Waals surface area contributed by atoms with Gasteiger partial charge in [-0.1, -0.05) is 58.2 Å². The first-order chi connectivity index (χ1) is 13.9. The molecule has 3 aliphatic rings. The molecule has 0 amide bonds. The van der Waals surface area contributed by atoms with Crippen LogP contribution in [-0.2, 0) is 4.74 Å². The van der Waals surface area contributed by atoms with Crippen LogP contribution in [-0.4, -0.2) is 35.3 Å². The summed E-state index contributed by atoms with van der Waals surface area (Å²) < 4.78 is 6.57. The standard InChI is InChI=1S/C25H38N2OS/c1-24(2)19-14-15-25(24,3)22(18-19)28-17-16-27(21-12-8-5-9-13-21)23(29)26-20-10-6-4-7-11-20/h4,6-7,10-11,19,21-22H,5,8-9,12-18H2,1-3H3,(H,26,29)/t19-,22-,25+/m0/s1. The van der Waals surface area contributed by atoms with Gasteiger partial charge in [0.2, 0.25) is 0 Å². The van der Waals surface area contributed by atoms with Gasteiger partial charge in [0.05, 0.1) is 12.7 Å². The summed E-state index contributed by atoms with van der Waals surface area (Å²) in [5.41, 5.74) is 1.81. The van der Waals surface area contributed by atoms with Gasteiger partial charge in [-0.15, -0.1) is 0 Å². The largest absolute Gasteiger partial charge is 0.376 e. The number of thiocarbonyl (C=S) groups is 1. The second kappa shape index (κ2) is 8.55. The van der Waals surface area contributed by atoms with Crippen LogP contribution in [0.2, 0.25) is 0 Å². The van der Waals surface area contributed by atoms with Gasteiger partial charge in [-0.2, -0.15) is 0 Å². The maximum atomic E-state index is 6.57. The zero-order valence-corrected chi connectivity index (χ0v) is 19.3. The van der Waals surface area contributed by atoms with E-state index in [0.29, 0.717) is 23.0 Å². The number of nitrogens with one attached hydrogen (secondary N) is 1. The van der Waals surface area contributed by atoms with Crippen LogP contribution in [0.15, 0.2) is 30.3 Å². The van der Waals surface area contributed by atoms with E-state index in [9.17, 15) is 0 Å². The third kappa shape index (κ3) is 4.07. The number of benzene rings is 1. The van der Waals surface area contributed by atoms with E-state index in [1.807, 2.05) is 6.07 Å². The molecule has 3 aliphatic carbocycles. The van der Waals surface area contributed by atoms with Gasteiger partial charge in [-0.05, 0) is 73.2 Å². The number of hydrogen-bond donors (Lipinski definition) is 1. The number of fused-ring (bicyclic) bond motifs is 2. The predicted octanol–water partition coefficient (Wildman–Crippen LogP) is 6.25. The lowest BCUT2D eigenvalue weighted by atomic mass is 9.70. The highest BCUT2D eigenvalue weighted by molar-refractivity contribution is 7.80. The summed E-state index contributed by atoms with van der Waals surface area (Å²) in [5.74, 6) is 0.827. The van der Waals surface area contributed by atoms with E-state index in [1.54, 1.807) is 0 Å². The molecule has 4 heteroatoms. The highest BCUT2D eigenvalue weighted by atomic mass is 32.1. The van der Waals surface area contributed by atoms with Crippen molar-refractivity contribution in [1.29, 1.82) is 0 Å². The lowest BCUT2D eigenvalue weighted by Crippen LogP contribution is -2.46.